The molecule has 14 rings (SSSR count). The minimum absolute atomic E-state index is 0. The van der Waals surface area contributed by atoms with E-state index in [-0.39, 0.29) is 19.6 Å². The number of fused-ring (bicyclic) bond motifs is 10. The molecule has 0 atom stereocenters. The third-order valence-electron chi connectivity index (χ3n) is 16.1. The number of anilines is 4. The number of aromatic nitrogens is 6. The molecule has 16 heteroatoms. The number of amides is 2. The van der Waals surface area contributed by atoms with E-state index in [0.29, 0.717) is 0 Å². The summed E-state index contributed by atoms with van der Waals surface area (Å²) in [6.45, 7) is 11.3. The van der Waals surface area contributed by atoms with Crippen LogP contribution < -0.4 is 32.3 Å². The molecule has 0 unspecified atom stereocenters. The number of imidazole rings is 2. The number of hydrogen-bond donors (Lipinski definition) is 6. The third-order valence-corrected chi connectivity index (χ3v) is 16.1. The van der Waals surface area contributed by atoms with Gasteiger partial charge in [-0.15, -0.1) is 0 Å². The summed E-state index contributed by atoms with van der Waals surface area (Å²) < 4.78 is 15.6. The lowest BCUT2D eigenvalue weighted by molar-refractivity contribution is 0.0365. The molecule has 6 aromatic carbocycles. The lowest BCUT2D eigenvalue weighted by Crippen LogP contribution is -2.52. The molecule has 0 spiro atoms. The van der Waals surface area contributed by atoms with Crippen LogP contribution in [0.3, 0.4) is 0 Å². The van der Waals surface area contributed by atoms with Crippen LogP contribution in [0.25, 0.3) is 79.2 Å². The number of hydrogen-bond acceptors (Lipinski definition) is 12. The fraction of sp³-hybridized carbons (Fsp3) is 0.270. The molecule has 4 aliphatic rings. The molecule has 0 bridgehead atoms. The van der Waals surface area contributed by atoms with Crippen LogP contribution in [-0.2, 0) is 20.6 Å². The Bertz CT molecular complexity index is 3850. The maximum atomic E-state index is 12.7. The zero-order valence-corrected chi connectivity index (χ0v) is 52.1. The van der Waals surface area contributed by atoms with E-state index in [2.05, 4.69) is 151 Å². The number of para-hydroxylation sites is 2. The standard InChI is InChI=1S/2C35H33N5O2.C2H7N.CH5N.CH4/c2*1-34(2,3)42-33(41)39-35(20-10-21-35)25-18-16-24(17-19-25)30-29(23-11-5-4-6-12-23)38-32-26-13-7-8-14-27(26)37-31-28(40(30)32)15-9-22-36-31;1-3-2;1-2;/h2*4-9,11-19,22H,10,20-21H2,1-3H3,(H,36,37)(H,39,41);3H,1-2H3;2H2,1H3;1H4. The molecule has 2 amide bonds. The second-order valence-electron chi connectivity index (χ2n) is 24.5. The van der Waals surface area contributed by atoms with Crippen LogP contribution >= 0.6 is 0 Å². The van der Waals surface area contributed by atoms with Crippen molar-refractivity contribution in [3.63, 3.8) is 0 Å². The Labute approximate surface area is 528 Å². The van der Waals surface area contributed by atoms with Gasteiger partial charge in [0.2, 0.25) is 0 Å². The van der Waals surface area contributed by atoms with Gasteiger partial charge >= 0.3 is 12.2 Å². The maximum absolute atomic E-state index is 12.7. The molecule has 16 nitrogen and oxygen atoms in total. The number of rotatable bonds is 8. The van der Waals surface area contributed by atoms with Crippen LogP contribution in [0.5, 0.6) is 0 Å². The number of ether oxygens (including phenoxy) is 2. The maximum Gasteiger partial charge on any atom is 0.408 e. The van der Waals surface area contributed by atoms with E-state index >= 15 is 0 Å². The molecule has 2 aliphatic heterocycles. The number of benzene rings is 6. The Morgan fingerprint density at radius 1 is 0.478 bits per heavy atom. The third kappa shape index (κ3) is 12.8. The monoisotopic (exact) mass is 1200 g/mol. The molecular weight excluding hydrogens is 1120 g/mol. The van der Waals surface area contributed by atoms with Gasteiger partial charge in [0.05, 0.1) is 56.6 Å². The Balaban J connectivity index is 0.000000183. The molecule has 2 fully saturated rings. The summed E-state index contributed by atoms with van der Waals surface area (Å²) in [5.74, 6) is 3.25. The van der Waals surface area contributed by atoms with Gasteiger partial charge in [-0.25, -0.2) is 29.5 Å². The molecule has 2 aliphatic carbocycles. The topological polar surface area (TPSA) is 200 Å². The number of pyridine rings is 2. The summed E-state index contributed by atoms with van der Waals surface area (Å²) in [4.78, 5) is 45.5. The van der Waals surface area contributed by atoms with Crippen molar-refractivity contribution in [3.8, 4) is 79.2 Å². The number of nitrogens with one attached hydrogen (secondary N) is 5. The summed E-state index contributed by atoms with van der Waals surface area (Å²) in [5, 5.41) is 16.2. The highest BCUT2D eigenvalue weighted by Gasteiger charge is 2.43. The van der Waals surface area contributed by atoms with Gasteiger partial charge in [-0.3, -0.25) is 9.13 Å². The predicted octanol–water partition coefficient (Wildman–Crippen LogP) is 16.5. The average molecular weight is 1200 g/mol. The summed E-state index contributed by atoms with van der Waals surface area (Å²) in [5.41, 5.74) is 18.4. The Morgan fingerprint density at radius 3 is 1.16 bits per heavy atom. The van der Waals surface area contributed by atoms with Gasteiger partial charge in [0.15, 0.2) is 11.6 Å². The van der Waals surface area contributed by atoms with Crippen LogP contribution in [0.1, 0.15) is 98.6 Å². The summed E-state index contributed by atoms with van der Waals surface area (Å²) in [7, 11) is 5.25. The van der Waals surface area contributed by atoms with Crippen molar-refractivity contribution >= 4 is 35.2 Å². The molecule has 90 heavy (non-hydrogen) atoms. The van der Waals surface area contributed by atoms with E-state index in [4.69, 9.17) is 29.4 Å². The Kier molecular flexibility index (Phi) is 18.5. The van der Waals surface area contributed by atoms with E-state index < -0.39 is 22.3 Å². The van der Waals surface area contributed by atoms with Gasteiger partial charge in [0, 0.05) is 45.8 Å². The minimum atomic E-state index is -0.550. The zero-order valence-electron chi connectivity index (χ0n) is 52.1. The summed E-state index contributed by atoms with van der Waals surface area (Å²) >= 11 is 0. The van der Waals surface area contributed by atoms with Crippen LogP contribution in [-0.4, -0.2) is 73.6 Å². The highest BCUT2D eigenvalue weighted by Crippen LogP contribution is 2.49. The number of nitrogens with two attached hydrogens (primary N) is 1. The Hall–Kier alpha value is -9.90. The number of carbonyl (C=O) groups excluding carboxylic acids is 2. The van der Waals surface area contributed by atoms with Gasteiger partial charge < -0.3 is 41.8 Å². The Morgan fingerprint density at radius 2 is 0.822 bits per heavy atom. The molecule has 462 valence electrons. The second-order valence-corrected chi connectivity index (χ2v) is 24.5. The van der Waals surface area contributed by atoms with Gasteiger partial charge in [-0.2, -0.15) is 0 Å². The van der Waals surface area contributed by atoms with Crippen molar-refractivity contribution in [1.29, 1.82) is 0 Å². The van der Waals surface area contributed by atoms with Crippen LogP contribution in [0.4, 0.5) is 32.6 Å². The number of nitrogens with zero attached hydrogens (tertiary/aromatic N) is 6. The van der Waals surface area contributed by atoms with E-state index in [1.807, 2.05) is 128 Å². The fourth-order valence-electron chi connectivity index (χ4n) is 11.9. The largest absolute Gasteiger partial charge is 0.444 e. The van der Waals surface area contributed by atoms with Crippen molar-refractivity contribution in [3.05, 3.63) is 206 Å². The first-order chi connectivity index (χ1) is 43.0. The van der Waals surface area contributed by atoms with Crippen molar-refractivity contribution in [1.82, 2.24) is 45.0 Å². The molecule has 4 aromatic heterocycles. The lowest BCUT2D eigenvalue weighted by atomic mass is 9.71. The van der Waals surface area contributed by atoms with Gasteiger partial charge in [-0.05, 0) is 161 Å². The first-order valence-corrected chi connectivity index (χ1v) is 30.4. The van der Waals surface area contributed by atoms with E-state index in [9.17, 15) is 9.59 Å². The number of alkyl carbamates (subject to hydrolysis) is 2. The van der Waals surface area contributed by atoms with E-state index in [1.165, 1.54) is 7.05 Å². The quantitative estimate of drug-likeness (QED) is 0.0842. The smallest absolute Gasteiger partial charge is 0.408 e. The van der Waals surface area contributed by atoms with Gasteiger partial charge in [0.1, 0.15) is 22.9 Å². The normalized spacial score (nSPS) is 14.0. The average Bonchev–Trinajstić information content (AvgIpc) is 1.58. The van der Waals surface area contributed by atoms with Crippen molar-refractivity contribution in [2.75, 3.05) is 31.8 Å². The highest BCUT2D eigenvalue weighted by molar-refractivity contribution is 5.93. The summed E-state index contributed by atoms with van der Waals surface area (Å²) in [6.07, 6.45) is 8.48. The molecule has 6 heterocycles. The first kappa shape index (κ1) is 63.1. The van der Waals surface area contributed by atoms with Crippen LogP contribution in [0.15, 0.2) is 194 Å². The molecule has 7 N–H and O–H groups in total. The fourth-order valence-corrected chi connectivity index (χ4v) is 11.9. The second kappa shape index (κ2) is 26.4. The molecule has 10 aromatic rings. The van der Waals surface area contributed by atoms with E-state index in [1.54, 1.807) is 12.4 Å². The van der Waals surface area contributed by atoms with Crippen LogP contribution in [0, 0.1) is 0 Å². The summed E-state index contributed by atoms with van der Waals surface area (Å²) in [6, 6.07) is 62.2. The molecule has 2 saturated carbocycles. The van der Waals surface area contributed by atoms with Crippen molar-refractivity contribution in [2.45, 2.75) is 110 Å². The van der Waals surface area contributed by atoms with Crippen molar-refractivity contribution < 1.29 is 19.1 Å². The zero-order chi connectivity index (χ0) is 62.5. The van der Waals surface area contributed by atoms with Crippen LogP contribution in [0.2, 0.25) is 0 Å². The van der Waals surface area contributed by atoms with Crippen molar-refractivity contribution in [2.24, 2.45) is 5.73 Å². The predicted molar refractivity (Wildman–Crippen MR) is 364 cm³/mol. The van der Waals surface area contributed by atoms with Gasteiger partial charge in [0.25, 0.3) is 0 Å². The SMILES string of the molecule is C.CC(C)(C)OC(=O)NC1(c2ccc(-c3c(-c4ccccc4)nc4n3-c3cccnc3Nc3ccccc3-4)cc2)CCC1.CC(C)(C)OC(=O)NC1(c2ccc(-c3c(-c4ccccc4)nc4n3-c3cccnc3Nc3ccccc3-4)cc2)CCC1.CN.CNC. The molecule has 0 saturated heterocycles. The lowest BCUT2D eigenvalue weighted by Gasteiger charge is -2.43. The minimum Gasteiger partial charge on any atom is -0.444 e. The van der Waals surface area contributed by atoms with Gasteiger partial charge in [-0.1, -0.05) is 141 Å². The molecule has 0 radical (unpaired) electrons. The number of carbonyl (C=O) groups is 2. The van der Waals surface area contributed by atoms with E-state index in [0.717, 1.165) is 152 Å². The first-order valence-electron chi connectivity index (χ1n) is 30.4. The highest BCUT2D eigenvalue weighted by atomic mass is 16.6. The molecular formula is C74H82N12O4.